The minimum Gasteiger partial charge on any atom is -0.312 e. The van der Waals surface area contributed by atoms with E-state index in [1.807, 2.05) is 21.3 Å². The Labute approximate surface area is 229 Å². The van der Waals surface area contributed by atoms with Crippen LogP contribution >= 0.6 is 0 Å². The molecule has 0 spiro atoms. The van der Waals surface area contributed by atoms with E-state index in [-0.39, 0.29) is 22.7 Å². The minimum atomic E-state index is 0.0997. The summed E-state index contributed by atoms with van der Waals surface area (Å²) in [6.07, 6.45) is 4.92. The van der Waals surface area contributed by atoms with Crippen LogP contribution < -0.4 is 11.1 Å². The molecule has 39 heavy (non-hydrogen) atoms. The molecule has 2 aromatic rings. The van der Waals surface area contributed by atoms with E-state index in [4.69, 9.17) is 0 Å². The van der Waals surface area contributed by atoms with Crippen molar-refractivity contribution in [3.8, 4) is 0 Å². The van der Waals surface area contributed by atoms with Crippen LogP contribution in [0, 0.1) is 11.8 Å². The number of carbonyl (C=O) groups excluding carboxylic acids is 2. The third-order valence-corrected chi connectivity index (χ3v) is 9.44. The van der Waals surface area contributed by atoms with Crippen LogP contribution in [0.5, 0.6) is 0 Å². The smallest absolute Gasteiger partial charge is 0.250 e. The number of Topliss-reactive ketones (excluding diaryl/α,β-unsaturated/α-hetero) is 2. The van der Waals surface area contributed by atoms with E-state index in [0.29, 0.717) is 55.8 Å². The van der Waals surface area contributed by atoms with Crippen LogP contribution in [0.25, 0.3) is 0 Å². The van der Waals surface area contributed by atoms with Crippen molar-refractivity contribution in [2.45, 2.75) is 69.9 Å². The topological polar surface area (TPSA) is 84.6 Å². The Morgan fingerprint density at radius 2 is 1.08 bits per heavy atom. The van der Waals surface area contributed by atoms with Crippen molar-refractivity contribution in [2.24, 2.45) is 11.8 Å². The summed E-state index contributed by atoms with van der Waals surface area (Å²) in [7, 11) is 0. The number of carbonyl (C=O) groups is 2. The first-order chi connectivity index (χ1) is 18.9. The van der Waals surface area contributed by atoms with Crippen molar-refractivity contribution in [3.63, 3.8) is 0 Å². The maximum atomic E-state index is 12.6. The zero-order valence-corrected chi connectivity index (χ0v) is 22.8. The Morgan fingerprint density at radius 3 is 1.54 bits per heavy atom. The molecular weight excluding hydrogens is 492 g/mol. The summed E-state index contributed by atoms with van der Waals surface area (Å²) < 4.78 is 3.88. The van der Waals surface area contributed by atoms with E-state index in [1.165, 1.54) is 0 Å². The third-order valence-electron chi connectivity index (χ3n) is 9.44. The van der Waals surface area contributed by atoms with E-state index < -0.39 is 0 Å². The van der Waals surface area contributed by atoms with Gasteiger partial charge in [-0.25, -0.2) is 0 Å². The molecule has 2 saturated heterocycles. The first-order valence-electron chi connectivity index (χ1n) is 14.8. The number of piperidine rings is 2. The van der Waals surface area contributed by atoms with Gasteiger partial charge in [0.1, 0.15) is 11.6 Å². The molecule has 4 atom stereocenters. The maximum absolute atomic E-state index is 12.6. The van der Waals surface area contributed by atoms with Gasteiger partial charge in [-0.2, -0.15) is 0 Å². The van der Waals surface area contributed by atoms with Gasteiger partial charge in [0.05, 0.1) is 0 Å². The lowest BCUT2D eigenvalue weighted by Gasteiger charge is -2.42. The van der Waals surface area contributed by atoms with Gasteiger partial charge in [-0.15, -0.1) is 0 Å². The van der Waals surface area contributed by atoms with E-state index >= 15 is 0 Å². The van der Waals surface area contributed by atoms with Crippen molar-refractivity contribution in [2.75, 3.05) is 39.3 Å². The van der Waals surface area contributed by atoms with Crippen molar-refractivity contribution in [3.05, 3.63) is 68.5 Å². The predicted molar refractivity (Wildman–Crippen MR) is 149 cm³/mol. The van der Waals surface area contributed by atoms with Crippen LogP contribution in [0.2, 0.25) is 0 Å². The Kier molecular flexibility index (Phi) is 7.67. The van der Waals surface area contributed by atoms with Gasteiger partial charge < -0.3 is 18.9 Å². The monoisotopic (exact) mass is 532 g/mol. The second-order valence-electron chi connectivity index (χ2n) is 12.3. The van der Waals surface area contributed by atoms with Crippen molar-refractivity contribution < 1.29 is 9.59 Å². The molecule has 4 bridgehead atoms. The lowest BCUT2D eigenvalue weighted by atomic mass is 9.83. The molecule has 0 saturated carbocycles. The molecule has 0 amide bonds. The highest BCUT2D eigenvalue weighted by atomic mass is 16.1. The standard InChI is InChI=1S/C31H40N4O4/c36-26(10-12-32-16-22-14-24(20-32)28-6-2-8-30(38)34(28)18-22)4-1-5-27(37)11-13-33-17-23-15-25(21-33)29-7-3-9-31(39)35(29)19-23/h2-3,6-9,22-25H,1,4-5,10-21H2/t22-,23?,24-,25-/m0/s1. The van der Waals surface area contributed by atoms with Gasteiger partial charge in [-0.05, 0) is 43.2 Å². The summed E-state index contributed by atoms with van der Waals surface area (Å²) in [5.74, 6) is 2.18. The van der Waals surface area contributed by atoms with Crippen molar-refractivity contribution in [1.82, 2.24) is 18.9 Å². The molecule has 8 nitrogen and oxygen atoms in total. The molecule has 0 aliphatic carbocycles. The highest BCUT2D eigenvalue weighted by Gasteiger charge is 2.35. The zero-order chi connectivity index (χ0) is 26.9. The number of aromatic nitrogens is 2. The molecule has 0 radical (unpaired) electrons. The highest BCUT2D eigenvalue weighted by molar-refractivity contribution is 5.81. The molecule has 1 unspecified atom stereocenters. The number of fused-ring (bicyclic) bond motifs is 8. The number of nitrogens with zero attached hydrogens (tertiary/aromatic N) is 4. The molecule has 208 valence electrons. The Bertz CT molecular complexity index is 1250. The molecule has 4 aliphatic rings. The van der Waals surface area contributed by atoms with E-state index in [9.17, 15) is 19.2 Å². The van der Waals surface area contributed by atoms with Crippen molar-refractivity contribution in [1.29, 1.82) is 0 Å². The fourth-order valence-electron chi connectivity index (χ4n) is 7.65. The lowest BCUT2D eigenvalue weighted by Crippen LogP contribution is -2.47. The van der Waals surface area contributed by atoms with Crippen LogP contribution in [-0.4, -0.2) is 69.8 Å². The lowest BCUT2D eigenvalue weighted by molar-refractivity contribution is -0.120. The first kappa shape index (κ1) is 26.4. The number of rotatable bonds is 10. The number of hydrogen-bond acceptors (Lipinski definition) is 6. The van der Waals surface area contributed by atoms with Crippen LogP contribution in [0.15, 0.2) is 46.0 Å². The Balaban J connectivity index is 0.892. The predicted octanol–water partition coefficient (Wildman–Crippen LogP) is 2.64. The van der Waals surface area contributed by atoms with Crippen LogP contribution in [0.3, 0.4) is 0 Å². The molecule has 2 aromatic heterocycles. The Morgan fingerprint density at radius 1 is 0.615 bits per heavy atom. The van der Waals surface area contributed by atoms with Crippen molar-refractivity contribution >= 4 is 11.6 Å². The van der Waals surface area contributed by atoms with Gasteiger partial charge >= 0.3 is 0 Å². The number of likely N-dealkylation sites (tertiary alicyclic amines) is 2. The van der Waals surface area contributed by atoms with Crippen LogP contribution in [0.1, 0.15) is 68.2 Å². The van der Waals surface area contributed by atoms with Gasteiger partial charge in [0.25, 0.3) is 11.1 Å². The molecule has 6 heterocycles. The summed E-state index contributed by atoms with van der Waals surface area (Å²) in [5, 5.41) is 0. The summed E-state index contributed by atoms with van der Waals surface area (Å²) in [6, 6.07) is 11.2. The van der Waals surface area contributed by atoms with Crippen LogP contribution in [-0.2, 0) is 22.7 Å². The molecule has 0 N–H and O–H groups in total. The molecule has 4 aliphatic heterocycles. The van der Waals surface area contributed by atoms with E-state index in [0.717, 1.165) is 76.6 Å². The summed E-state index contributed by atoms with van der Waals surface area (Å²) in [6.45, 7) is 6.81. The summed E-state index contributed by atoms with van der Waals surface area (Å²) >= 11 is 0. The normalized spacial score (nSPS) is 26.1. The maximum Gasteiger partial charge on any atom is 0.250 e. The first-order valence-corrected chi connectivity index (χ1v) is 14.8. The Hall–Kier alpha value is -2.84. The van der Waals surface area contributed by atoms with Gasteiger partial charge in [0.2, 0.25) is 0 Å². The summed E-state index contributed by atoms with van der Waals surface area (Å²) in [4.78, 5) is 54.4. The number of hydrogen-bond donors (Lipinski definition) is 0. The molecular formula is C31H40N4O4. The molecule has 0 aromatic carbocycles. The minimum absolute atomic E-state index is 0.0997. The highest BCUT2D eigenvalue weighted by Crippen LogP contribution is 2.36. The van der Waals surface area contributed by atoms with E-state index in [1.54, 1.807) is 12.1 Å². The van der Waals surface area contributed by atoms with Gasteiger partial charge in [0, 0.05) is 113 Å². The fraction of sp³-hybridized carbons (Fsp3) is 0.613. The second kappa shape index (κ2) is 11.3. The number of pyridine rings is 2. The largest absolute Gasteiger partial charge is 0.312 e. The summed E-state index contributed by atoms with van der Waals surface area (Å²) in [5.41, 5.74) is 2.48. The second-order valence-corrected chi connectivity index (χ2v) is 12.3. The molecule has 8 heteroatoms. The van der Waals surface area contributed by atoms with Gasteiger partial charge in [-0.1, -0.05) is 12.1 Å². The van der Waals surface area contributed by atoms with Crippen LogP contribution in [0.4, 0.5) is 0 Å². The SMILES string of the molecule is O=C(CCCC(=O)CCN1C[C@@H]2C[C@@H](C1)c1cccc(=O)n1C2)CCN1CC2C[C@@H](C1)c1cccc(=O)n1C2. The quantitative estimate of drug-likeness (QED) is 0.468. The van der Waals surface area contributed by atoms with Gasteiger partial charge in [-0.3, -0.25) is 19.2 Å². The zero-order valence-electron chi connectivity index (χ0n) is 22.8. The van der Waals surface area contributed by atoms with Gasteiger partial charge in [0.15, 0.2) is 0 Å². The third kappa shape index (κ3) is 5.87. The molecule has 6 rings (SSSR count). The van der Waals surface area contributed by atoms with E-state index in [2.05, 4.69) is 21.9 Å². The molecule has 2 fully saturated rings. The number of ketones is 2. The fourth-order valence-corrected chi connectivity index (χ4v) is 7.65. The average Bonchev–Trinajstić information content (AvgIpc) is 2.92. The average molecular weight is 533 g/mol.